The first-order chi connectivity index (χ1) is 11.6. The average molecular weight is 349 g/mol. The fourth-order valence-corrected chi connectivity index (χ4v) is 3.14. The van der Waals surface area contributed by atoms with Crippen molar-refractivity contribution in [2.45, 2.75) is 38.1 Å². The van der Waals surface area contributed by atoms with Gasteiger partial charge >= 0.3 is 0 Å². The highest BCUT2D eigenvalue weighted by Crippen LogP contribution is 2.26. The molecule has 6 nitrogen and oxygen atoms in total. The van der Waals surface area contributed by atoms with Gasteiger partial charge in [0.25, 0.3) is 0 Å². The van der Waals surface area contributed by atoms with E-state index in [0.717, 1.165) is 24.8 Å². The van der Waals surface area contributed by atoms with E-state index in [1.54, 1.807) is 12.1 Å². The third-order valence-corrected chi connectivity index (χ3v) is 4.65. The fraction of sp³-hybridized carbons (Fsp3) is 0.471. The molecule has 24 heavy (non-hydrogen) atoms. The molecule has 1 fully saturated rings. The molecule has 3 rings (SSSR count). The van der Waals surface area contributed by atoms with E-state index in [1.165, 1.54) is 0 Å². The number of hydrogen-bond donors (Lipinski definition) is 2. The molecule has 1 saturated carbocycles. The summed E-state index contributed by atoms with van der Waals surface area (Å²) in [4.78, 5) is 16.3. The van der Waals surface area contributed by atoms with Crippen molar-refractivity contribution in [3.05, 3.63) is 35.2 Å². The van der Waals surface area contributed by atoms with Crippen LogP contribution in [0.25, 0.3) is 11.4 Å². The summed E-state index contributed by atoms with van der Waals surface area (Å²) >= 11 is 5.86. The van der Waals surface area contributed by atoms with E-state index in [1.807, 2.05) is 12.1 Å². The molecular weight excluding hydrogens is 328 g/mol. The molecule has 1 aliphatic carbocycles. The minimum Gasteiger partial charge on any atom is -0.356 e. The second-order valence-corrected chi connectivity index (χ2v) is 6.61. The summed E-state index contributed by atoms with van der Waals surface area (Å²) in [6.07, 6.45) is 4.19. The van der Waals surface area contributed by atoms with Crippen molar-refractivity contribution < 1.29 is 9.32 Å². The van der Waals surface area contributed by atoms with Gasteiger partial charge in [0.1, 0.15) is 0 Å². The molecule has 1 aromatic heterocycles. The Kier molecular flexibility index (Phi) is 5.48. The highest BCUT2D eigenvalue weighted by atomic mass is 35.5. The maximum Gasteiger partial charge on any atom is 0.228 e. The molecule has 2 aromatic rings. The van der Waals surface area contributed by atoms with Gasteiger partial charge in [-0.1, -0.05) is 23.2 Å². The summed E-state index contributed by atoms with van der Waals surface area (Å²) < 4.78 is 5.22. The zero-order valence-corrected chi connectivity index (χ0v) is 14.1. The molecule has 3 N–H and O–H groups in total. The molecular formula is C17H21ClN4O2. The van der Waals surface area contributed by atoms with E-state index in [0.29, 0.717) is 42.0 Å². The maximum atomic E-state index is 11.9. The molecule has 1 aromatic carbocycles. The third kappa shape index (κ3) is 4.33. The van der Waals surface area contributed by atoms with Gasteiger partial charge in [0.15, 0.2) is 0 Å². The number of aromatic nitrogens is 2. The summed E-state index contributed by atoms with van der Waals surface area (Å²) in [5.74, 6) is 1.36. The Bertz CT molecular complexity index is 686. The Morgan fingerprint density at radius 1 is 1.33 bits per heavy atom. The fourth-order valence-electron chi connectivity index (χ4n) is 3.01. The molecule has 7 heteroatoms. The van der Waals surface area contributed by atoms with Crippen LogP contribution in [0.3, 0.4) is 0 Å². The number of nitrogens with one attached hydrogen (secondary N) is 1. The number of rotatable bonds is 6. The van der Waals surface area contributed by atoms with E-state index in [4.69, 9.17) is 21.9 Å². The lowest BCUT2D eigenvalue weighted by molar-refractivity contribution is -0.122. The van der Waals surface area contributed by atoms with E-state index < -0.39 is 0 Å². The van der Waals surface area contributed by atoms with Crippen LogP contribution in [0.4, 0.5) is 0 Å². The van der Waals surface area contributed by atoms with Crippen LogP contribution in [0, 0.1) is 5.92 Å². The van der Waals surface area contributed by atoms with Gasteiger partial charge in [0.05, 0.1) is 0 Å². The van der Waals surface area contributed by atoms with Crippen LogP contribution in [0.1, 0.15) is 31.6 Å². The number of carbonyl (C=O) groups excluding carboxylic acids is 1. The predicted octanol–water partition coefficient (Wildman–Crippen LogP) is 2.57. The smallest absolute Gasteiger partial charge is 0.228 e. The van der Waals surface area contributed by atoms with Gasteiger partial charge in [-0.2, -0.15) is 4.98 Å². The molecule has 0 saturated heterocycles. The zero-order chi connectivity index (χ0) is 16.9. The van der Waals surface area contributed by atoms with Gasteiger partial charge in [-0.15, -0.1) is 0 Å². The first-order valence-corrected chi connectivity index (χ1v) is 8.60. The highest BCUT2D eigenvalue weighted by molar-refractivity contribution is 6.30. The van der Waals surface area contributed by atoms with Crippen molar-refractivity contribution in [2.24, 2.45) is 11.7 Å². The number of nitrogens with two attached hydrogens (primary N) is 1. The normalized spacial score (nSPS) is 20.2. The Morgan fingerprint density at radius 2 is 2.12 bits per heavy atom. The molecule has 1 amide bonds. The second kappa shape index (κ2) is 7.77. The van der Waals surface area contributed by atoms with Crippen LogP contribution in [-0.4, -0.2) is 28.6 Å². The number of amides is 1. The Labute approximate surface area is 145 Å². The number of benzene rings is 1. The summed E-state index contributed by atoms with van der Waals surface area (Å²) in [5.41, 5.74) is 6.83. The van der Waals surface area contributed by atoms with Crippen molar-refractivity contribution in [3.63, 3.8) is 0 Å². The topological polar surface area (TPSA) is 94.0 Å². The monoisotopic (exact) mass is 348 g/mol. The molecule has 1 aliphatic rings. The molecule has 0 bridgehead atoms. The summed E-state index contributed by atoms with van der Waals surface area (Å²) in [6.45, 7) is 0.475. The average Bonchev–Trinajstić information content (AvgIpc) is 3.18. The van der Waals surface area contributed by atoms with Crippen LogP contribution in [0.15, 0.2) is 28.8 Å². The van der Waals surface area contributed by atoms with E-state index in [9.17, 15) is 4.79 Å². The molecule has 0 radical (unpaired) electrons. The van der Waals surface area contributed by atoms with Crippen LogP contribution in [-0.2, 0) is 11.2 Å². The Hall–Kier alpha value is -1.92. The van der Waals surface area contributed by atoms with Crippen molar-refractivity contribution in [3.8, 4) is 11.4 Å². The lowest BCUT2D eigenvalue weighted by atomic mass is 10.00. The highest BCUT2D eigenvalue weighted by Gasteiger charge is 2.25. The number of hydrogen-bond acceptors (Lipinski definition) is 5. The predicted molar refractivity (Wildman–Crippen MR) is 91.4 cm³/mol. The van der Waals surface area contributed by atoms with Crippen molar-refractivity contribution in [2.75, 3.05) is 6.54 Å². The molecule has 0 aliphatic heterocycles. The zero-order valence-electron chi connectivity index (χ0n) is 13.4. The largest absolute Gasteiger partial charge is 0.356 e. The standard InChI is InChI=1S/C17H21ClN4O2/c18-13-6-4-11(5-7-13)17-21-16(24-22-17)8-9-20-15(23)10-12-2-1-3-14(12)19/h4-7,12,14H,1-3,8-10,19H2,(H,20,23)/t12-,14+/m0/s1. The first-order valence-electron chi connectivity index (χ1n) is 8.22. The van der Waals surface area contributed by atoms with Crippen LogP contribution in [0.5, 0.6) is 0 Å². The Morgan fingerprint density at radius 3 is 2.83 bits per heavy atom. The van der Waals surface area contributed by atoms with Crippen LogP contribution < -0.4 is 11.1 Å². The summed E-state index contributed by atoms with van der Waals surface area (Å²) in [6, 6.07) is 7.39. The lowest BCUT2D eigenvalue weighted by Crippen LogP contribution is -2.32. The van der Waals surface area contributed by atoms with Crippen molar-refractivity contribution in [1.82, 2.24) is 15.5 Å². The van der Waals surface area contributed by atoms with Gasteiger partial charge in [0.2, 0.25) is 17.6 Å². The third-order valence-electron chi connectivity index (χ3n) is 4.40. The van der Waals surface area contributed by atoms with Gasteiger partial charge < -0.3 is 15.6 Å². The van der Waals surface area contributed by atoms with Gasteiger partial charge in [-0.25, -0.2) is 0 Å². The number of halogens is 1. The van der Waals surface area contributed by atoms with E-state index in [-0.39, 0.29) is 11.9 Å². The summed E-state index contributed by atoms with van der Waals surface area (Å²) in [5, 5.41) is 7.50. The van der Waals surface area contributed by atoms with Gasteiger partial charge in [0, 0.05) is 36.0 Å². The van der Waals surface area contributed by atoms with Crippen molar-refractivity contribution in [1.29, 1.82) is 0 Å². The first kappa shape index (κ1) is 16.9. The van der Waals surface area contributed by atoms with Crippen LogP contribution >= 0.6 is 11.6 Å². The maximum absolute atomic E-state index is 11.9. The quantitative estimate of drug-likeness (QED) is 0.836. The molecule has 1 heterocycles. The molecule has 0 spiro atoms. The van der Waals surface area contributed by atoms with Crippen molar-refractivity contribution >= 4 is 17.5 Å². The SMILES string of the molecule is N[C@@H]1CCC[C@H]1CC(=O)NCCc1nc(-c2ccc(Cl)cc2)no1. The molecule has 2 atom stereocenters. The van der Waals surface area contributed by atoms with Gasteiger partial charge in [-0.05, 0) is 43.0 Å². The molecule has 0 unspecified atom stereocenters. The van der Waals surface area contributed by atoms with E-state index in [2.05, 4.69) is 15.5 Å². The number of carbonyl (C=O) groups is 1. The second-order valence-electron chi connectivity index (χ2n) is 6.18. The van der Waals surface area contributed by atoms with E-state index >= 15 is 0 Å². The number of nitrogens with zero attached hydrogens (tertiary/aromatic N) is 2. The Balaban J connectivity index is 1.45. The molecule has 128 valence electrons. The van der Waals surface area contributed by atoms with Crippen LogP contribution in [0.2, 0.25) is 5.02 Å². The minimum absolute atomic E-state index is 0.0368. The van der Waals surface area contributed by atoms with Gasteiger partial charge in [-0.3, -0.25) is 4.79 Å². The lowest BCUT2D eigenvalue weighted by Gasteiger charge is -2.14. The summed E-state index contributed by atoms with van der Waals surface area (Å²) in [7, 11) is 0. The minimum atomic E-state index is 0.0368.